The number of aromatic nitrogens is 1. The Bertz CT molecular complexity index is 684. The summed E-state index contributed by atoms with van der Waals surface area (Å²) in [5.74, 6) is 0. The first-order valence-electron chi connectivity index (χ1n) is 7.04. The van der Waals surface area contributed by atoms with Gasteiger partial charge < -0.3 is 0 Å². The summed E-state index contributed by atoms with van der Waals surface area (Å²) in [6, 6.07) is 8.69. The molecule has 1 N–H and O–H groups in total. The van der Waals surface area contributed by atoms with Gasteiger partial charge in [-0.05, 0) is 37.1 Å². The van der Waals surface area contributed by atoms with Crippen molar-refractivity contribution >= 4 is 36.9 Å². The van der Waals surface area contributed by atoms with Crippen molar-refractivity contribution in [2.45, 2.75) is 30.6 Å². The summed E-state index contributed by atoms with van der Waals surface area (Å²) in [6.07, 6.45) is 5.80. The SMILES string of the molecule is O=S(=O)(NCCCCCCBr)c1cccc2ncccc12. The van der Waals surface area contributed by atoms with E-state index >= 15 is 0 Å². The van der Waals surface area contributed by atoms with Crippen LogP contribution in [0.25, 0.3) is 10.9 Å². The topological polar surface area (TPSA) is 59.1 Å². The summed E-state index contributed by atoms with van der Waals surface area (Å²) >= 11 is 3.39. The third-order valence-corrected chi connectivity index (χ3v) is 5.33. The number of pyridine rings is 1. The van der Waals surface area contributed by atoms with E-state index in [1.807, 2.05) is 6.07 Å². The second kappa shape index (κ2) is 7.87. The Morgan fingerprint density at radius 2 is 1.86 bits per heavy atom. The lowest BCUT2D eigenvalue weighted by molar-refractivity contribution is 0.575. The molecule has 0 amide bonds. The van der Waals surface area contributed by atoms with Crippen molar-refractivity contribution in [1.82, 2.24) is 9.71 Å². The minimum atomic E-state index is -3.48. The maximum atomic E-state index is 12.4. The summed E-state index contributed by atoms with van der Waals surface area (Å²) in [4.78, 5) is 4.49. The molecule has 0 saturated carbocycles. The highest BCUT2D eigenvalue weighted by Gasteiger charge is 2.16. The third-order valence-electron chi connectivity index (χ3n) is 3.25. The Morgan fingerprint density at radius 1 is 1.05 bits per heavy atom. The van der Waals surface area contributed by atoms with Gasteiger partial charge in [0.25, 0.3) is 0 Å². The number of nitrogens with one attached hydrogen (secondary N) is 1. The molecular weight excluding hydrogens is 352 g/mol. The van der Waals surface area contributed by atoms with Crippen LogP contribution in [0.1, 0.15) is 25.7 Å². The number of hydrogen-bond donors (Lipinski definition) is 1. The number of sulfonamides is 1. The van der Waals surface area contributed by atoms with Gasteiger partial charge in [0.2, 0.25) is 10.0 Å². The summed E-state index contributed by atoms with van der Waals surface area (Å²) in [5, 5.41) is 1.66. The van der Waals surface area contributed by atoms with E-state index in [2.05, 4.69) is 25.6 Å². The first-order valence-corrected chi connectivity index (χ1v) is 9.65. The zero-order valence-electron chi connectivity index (χ0n) is 11.8. The monoisotopic (exact) mass is 370 g/mol. The quantitative estimate of drug-likeness (QED) is 0.571. The summed E-state index contributed by atoms with van der Waals surface area (Å²) in [5.41, 5.74) is 0.692. The predicted molar refractivity (Wildman–Crippen MR) is 89.2 cm³/mol. The fraction of sp³-hybridized carbons (Fsp3) is 0.400. The molecule has 0 saturated heterocycles. The van der Waals surface area contributed by atoms with Gasteiger partial charge >= 0.3 is 0 Å². The van der Waals surface area contributed by atoms with Crippen molar-refractivity contribution in [3.05, 3.63) is 36.5 Å². The highest BCUT2D eigenvalue weighted by Crippen LogP contribution is 2.20. The van der Waals surface area contributed by atoms with Crippen LogP contribution in [0.2, 0.25) is 0 Å². The number of benzene rings is 1. The number of nitrogens with zero attached hydrogens (tertiary/aromatic N) is 1. The number of rotatable bonds is 8. The zero-order valence-corrected chi connectivity index (χ0v) is 14.2. The van der Waals surface area contributed by atoms with Crippen LogP contribution in [0.3, 0.4) is 0 Å². The van der Waals surface area contributed by atoms with Crippen LogP contribution in [0.15, 0.2) is 41.4 Å². The minimum absolute atomic E-state index is 0.300. The first kappa shape index (κ1) is 16.4. The van der Waals surface area contributed by atoms with Crippen molar-refractivity contribution < 1.29 is 8.42 Å². The Balaban J connectivity index is 2.05. The lowest BCUT2D eigenvalue weighted by Crippen LogP contribution is -2.25. The average molecular weight is 371 g/mol. The maximum absolute atomic E-state index is 12.4. The normalized spacial score (nSPS) is 11.9. The number of hydrogen-bond acceptors (Lipinski definition) is 3. The van der Waals surface area contributed by atoms with Crippen LogP contribution in [0.4, 0.5) is 0 Å². The fourth-order valence-corrected chi connectivity index (χ4v) is 3.85. The second-order valence-electron chi connectivity index (χ2n) is 4.83. The van der Waals surface area contributed by atoms with Crippen molar-refractivity contribution in [2.24, 2.45) is 0 Å². The van der Waals surface area contributed by atoms with Gasteiger partial charge in [0.05, 0.1) is 10.4 Å². The molecule has 21 heavy (non-hydrogen) atoms. The van der Waals surface area contributed by atoms with Crippen molar-refractivity contribution in [3.8, 4) is 0 Å². The number of fused-ring (bicyclic) bond motifs is 1. The van der Waals surface area contributed by atoms with Gasteiger partial charge in [-0.2, -0.15) is 0 Å². The van der Waals surface area contributed by atoms with E-state index in [0.29, 0.717) is 22.3 Å². The van der Waals surface area contributed by atoms with Gasteiger partial charge in [0.1, 0.15) is 0 Å². The van der Waals surface area contributed by atoms with E-state index in [-0.39, 0.29) is 0 Å². The molecule has 0 aliphatic heterocycles. The van der Waals surface area contributed by atoms with Crippen molar-refractivity contribution in [3.63, 3.8) is 0 Å². The molecule has 0 aliphatic carbocycles. The minimum Gasteiger partial charge on any atom is -0.256 e. The van der Waals surface area contributed by atoms with Crippen LogP contribution < -0.4 is 4.72 Å². The van der Waals surface area contributed by atoms with Gasteiger partial charge in [-0.3, -0.25) is 4.98 Å². The van der Waals surface area contributed by atoms with Gasteiger partial charge in [-0.15, -0.1) is 0 Å². The molecule has 1 aromatic heterocycles. The molecule has 1 aromatic carbocycles. The first-order chi connectivity index (χ1) is 10.1. The Morgan fingerprint density at radius 3 is 2.67 bits per heavy atom. The van der Waals surface area contributed by atoms with Gasteiger partial charge in [0.15, 0.2) is 0 Å². The summed E-state index contributed by atoms with van der Waals surface area (Å²) in [7, 11) is -3.48. The second-order valence-corrected chi connectivity index (χ2v) is 7.36. The Kier molecular flexibility index (Phi) is 6.14. The van der Waals surface area contributed by atoms with Crippen LogP contribution in [-0.4, -0.2) is 25.3 Å². The zero-order chi connectivity index (χ0) is 15.1. The van der Waals surface area contributed by atoms with Crippen molar-refractivity contribution in [2.75, 3.05) is 11.9 Å². The van der Waals surface area contributed by atoms with Gasteiger partial charge in [-0.1, -0.05) is 34.8 Å². The van der Waals surface area contributed by atoms with Crippen molar-refractivity contribution in [1.29, 1.82) is 0 Å². The number of halogens is 1. The highest BCUT2D eigenvalue weighted by atomic mass is 79.9. The van der Waals surface area contributed by atoms with Gasteiger partial charge in [0, 0.05) is 23.5 Å². The van der Waals surface area contributed by atoms with Crippen LogP contribution >= 0.6 is 15.9 Å². The summed E-state index contributed by atoms with van der Waals surface area (Å²) in [6.45, 7) is 0.473. The number of unbranched alkanes of at least 4 members (excludes halogenated alkanes) is 3. The maximum Gasteiger partial charge on any atom is 0.241 e. The average Bonchev–Trinajstić information content (AvgIpc) is 2.50. The van der Waals surface area contributed by atoms with E-state index in [1.54, 1.807) is 30.5 Å². The molecule has 114 valence electrons. The molecule has 0 spiro atoms. The molecule has 1 heterocycles. The molecule has 2 aromatic rings. The van der Waals surface area contributed by atoms with Crippen LogP contribution in [0, 0.1) is 0 Å². The third kappa shape index (κ3) is 4.49. The summed E-state index contributed by atoms with van der Waals surface area (Å²) < 4.78 is 27.5. The van der Waals surface area contributed by atoms with E-state index in [1.165, 1.54) is 0 Å². The molecule has 4 nitrogen and oxygen atoms in total. The molecule has 6 heteroatoms. The molecule has 0 unspecified atom stereocenters. The standard InChI is InChI=1S/C15H19BrN2O2S/c16-10-3-1-2-4-12-18-21(19,20)15-9-5-8-14-13(15)7-6-11-17-14/h5-9,11,18H,1-4,10,12H2. The fourth-order valence-electron chi connectivity index (χ4n) is 2.17. The van der Waals surface area contributed by atoms with Crippen LogP contribution in [-0.2, 0) is 10.0 Å². The molecule has 0 atom stereocenters. The van der Waals surface area contributed by atoms with E-state index in [0.717, 1.165) is 31.0 Å². The largest absolute Gasteiger partial charge is 0.256 e. The molecular formula is C15H19BrN2O2S. The molecule has 0 fully saturated rings. The molecule has 0 aliphatic rings. The lowest BCUT2D eigenvalue weighted by atomic mass is 10.2. The molecule has 0 radical (unpaired) electrons. The molecule has 0 bridgehead atoms. The van der Waals surface area contributed by atoms with Crippen LogP contribution in [0.5, 0.6) is 0 Å². The Hall–Kier alpha value is -0.980. The number of alkyl halides is 1. The molecule has 2 rings (SSSR count). The van der Waals surface area contributed by atoms with E-state index in [4.69, 9.17) is 0 Å². The lowest BCUT2D eigenvalue weighted by Gasteiger charge is -2.09. The Labute approximate surface area is 134 Å². The van der Waals surface area contributed by atoms with Gasteiger partial charge in [-0.25, -0.2) is 13.1 Å². The van der Waals surface area contributed by atoms with E-state index < -0.39 is 10.0 Å². The smallest absolute Gasteiger partial charge is 0.241 e. The van der Waals surface area contributed by atoms with E-state index in [9.17, 15) is 8.42 Å². The predicted octanol–water partition coefficient (Wildman–Crippen LogP) is 3.47. The highest BCUT2D eigenvalue weighted by molar-refractivity contribution is 9.09.